The van der Waals surface area contributed by atoms with Crippen molar-refractivity contribution in [3.63, 3.8) is 0 Å². The lowest BCUT2D eigenvalue weighted by molar-refractivity contribution is -0.150. The first-order chi connectivity index (χ1) is 8.36. The number of carboxylic acids is 1. The van der Waals surface area contributed by atoms with Gasteiger partial charge in [0.2, 0.25) is 5.91 Å². The van der Waals surface area contributed by atoms with E-state index in [1.807, 2.05) is 0 Å². The molecule has 0 fully saturated rings. The number of nitrogens with zero attached hydrogens (tertiary/aromatic N) is 1. The van der Waals surface area contributed by atoms with Gasteiger partial charge in [-0.15, -0.1) is 0 Å². The molecule has 0 saturated heterocycles. The highest BCUT2D eigenvalue weighted by Gasteiger charge is 2.27. The summed E-state index contributed by atoms with van der Waals surface area (Å²) in [5.74, 6) is -2.65. The van der Waals surface area contributed by atoms with E-state index in [-0.39, 0.29) is 11.8 Å². The Morgan fingerprint density at radius 2 is 1.78 bits per heavy atom. The third-order valence-electron chi connectivity index (χ3n) is 3.06. The van der Waals surface area contributed by atoms with E-state index in [0.717, 1.165) is 0 Å². The van der Waals surface area contributed by atoms with E-state index in [4.69, 9.17) is 5.11 Å². The Labute approximate surface area is 106 Å². The molecular formula is C13H17NO4. The van der Waals surface area contributed by atoms with Gasteiger partial charge in [-0.3, -0.25) is 9.59 Å². The van der Waals surface area contributed by atoms with Crippen LogP contribution in [0.15, 0.2) is 24.3 Å². The van der Waals surface area contributed by atoms with Crippen molar-refractivity contribution >= 4 is 11.9 Å². The summed E-state index contributed by atoms with van der Waals surface area (Å²) in [4.78, 5) is 24.0. The Kier molecular flexibility index (Phi) is 4.31. The van der Waals surface area contributed by atoms with Crippen molar-refractivity contribution in [1.82, 2.24) is 4.90 Å². The quantitative estimate of drug-likeness (QED) is 0.797. The van der Waals surface area contributed by atoms with Crippen LogP contribution in [-0.4, -0.2) is 34.0 Å². The number of hydrogen-bond acceptors (Lipinski definition) is 3. The fourth-order valence-corrected chi connectivity index (χ4v) is 1.65. The number of hydrogen-bond donors (Lipinski definition) is 2. The third-order valence-corrected chi connectivity index (χ3v) is 3.06. The number of benzene rings is 1. The summed E-state index contributed by atoms with van der Waals surface area (Å²) in [7, 11) is 1.53. The molecule has 0 spiro atoms. The lowest BCUT2D eigenvalue weighted by Crippen LogP contribution is -2.37. The number of carbonyl (C=O) groups is 2. The van der Waals surface area contributed by atoms with Gasteiger partial charge in [-0.25, -0.2) is 0 Å². The maximum absolute atomic E-state index is 11.9. The zero-order chi connectivity index (χ0) is 13.9. The van der Waals surface area contributed by atoms with Gasteiger partial charge in [-0.05, 0) is 19.9 Å². The number of para-hydroxylation sites is 1. The number of aliphatic carboxylic acids is 1. The zero-order valence-corrected chi connectivity index (χ0v) is 10.6. The molecule has 1 aromatic carbocycles. The average Bonchev–Trinajstić information content (AvgIpc) is 2.35. The van der Waals surface area contributed by atoms with Crippen molar-refractivity contribution < 1.29 is 19.8 Å². The van der Waals surface area contributed by atoms with Gasteiger partial charge < -0.3 is 15.1 Å². The van der Waals surface area contributed by atoms with Crippen molar-refractivity contribution in [3.05, 3.63) is 29.8 Å². The number of carboxylic acid groups (broad SMARTS) is 1. The molecule has 18 heavy (non-hydrogen) atoms. The summed E-state index contributed by atoms with van der Waals surface area (Å²) >= 11 is 0. The lowest BCUT2D eigenvalue weighted by atomic mass is 10.0. The minimum absolute atomic E-state index is 0.0904. The monoisotopic (exact) mass is 251 g/mol. The Morgan fingerprint density at radius 1 is 1.22 bits per heavy atom. The van der Waals surface area contributed by atoms with Crippen LogP contribution < -0.4 is 0 Å². The van der Waals surface area contributed by atoms with E-state index < -0.39 is 17.8 Å². The standard InChI is InChI=1S/C13H17NO4/c1-8(13(17)18)12(16)14(3)9(2)10-6-4-5-7-11(10)15/h4-9,15H,1-3H3,(H,17,18). The molecule has 0 aromatic heterocycles. The van der Waals surface area contributed by atoms with Crippen LogP contribution in [0.5, 0.6) is 5.75 Å². The summed E-state index contributed by atoms with van der Waals surface area (Å²) in [5.41, 5.74) is 0.589. The highest BCUT2D eigenvalue weighted by atomic mass is 16.4. The van der Waals surface area contributed by atoms with E-state index in [1.165, 1.54) is 24.9 Å². The molecule has 1 amide bonds. The highest BCUT2D eigenvalue weighted by Crippen LogP contribution is 2.27. The highest BCUT2D eigenvalue weighted by molar-refractivity contribution is 5.96. The molecule has 0 radical (unpaired) electrons. The fourth-order valence-electron chi connectivity index (χ4n) is 1.65. The van der Waals surface area contributed by atoms with Crippen LogP contribution >= 0.6 is 0 Å². The van der Waals surface area contributed by atoms with Gasteiger partial charge in [0.1, 0.15) is 11.7 Å². The smallest absolute Gasteiger partial charge is 0.315 e. The number of aromatic hydroxyl groups is 1. The summed E-state index contributed by atoms with van der Waals surface area (Å²) in [6, 6.07) is 6.29. The SMILES string of the molecule is CC(C(=O)O)C(=O)N(C)C(C)c1ccccc1O. The van der Waals surface area contributed by atoms with Crippen LogP contribution in [0.2, 0.25) is 0 Å². The van der Waals surface area contributed by atoms with Crippen LogP contribution in [0.3, 0.4) is 0 Å². The molecule has 5 nitrogen and oxygen atoms in total. The Morgan fingerprint density at radius 3 is 2.28 bits per heavy atom. The van der Waals surface area contributed by atoms with Crippen LogP contribution in [0.4, 0.5) is 0 Å². The van der Waals surface area contributed by atoms with Gasteiger partial charge >= 0.3 is 5.97 Å². The second-order valence-corrected chi connectivity index (χ2v) is 4.24. The minimum Gasteiger partial charge on any atom is -0.508 e. The molecule has 0 saturated carbocycles. The van der Waals surface area contributed by atoms with E-state index in [1.54, 1.807) is 25.1 Å². The number of phenolic OH excluding ortho intramolecular Hbond substituents is 1. The summed E-state index contributed by atoms with van der Waals surface area (Å²) in [6.07, 6.45) is 0. The summed E-state index contributed by atoms with van der Waals surface area (Å²) in [6.45, 7) is 3.08. The molecule has 0 heterocycles. The first-order valence-corrected chi connectivity index (χ1v) is 5.63. The molecule has 2 N–H and O–H groups in total. The number of amides is 1. The first-order valence-electron chi connectivity index (χ1n) is 5.63. The molecule has 1 aromatic rings. The summed E-state index contributed by atoms with van der Waals surface area (Å²) in [5, 5.41) is 18.5. The van der Waals surface area contributed by atoms with Gasteiger partial charge in [-0.2, -0.15) is 0 Å². The van der Waals surface area contributed by atoms with Crippen LogP contribution in [0.1, 0.15) is 25.5 Å². The molecule has 1 rings (SSSR count). The Bertz CT molecular complexity index is 458. The molecule has 0 aliphatic rings. The number of phenols is 1. The van der Waals surface area contributed by atoms with Gasteiger partial charge in [0, 0.05) is 12.6 Å². The molecular weight excluding hydrogens is 234 g/mol. The molecule has 2 unspecified atom stereocenters. The second kappa shape index (κ2) is 5.53. The lowest BCUT2D eigenvalue weighted by Gasteiger charge is -2.27. The molecule has 0 aliphatic carbocycles. The van der Waals surface area contributed by atoms with Crippen molar-refractivity contribution in [3.8, 4) is 5.75 Å². The largest absolute Gasteiger partial charge is 0.508 e. The van der Waals surface area contributed by atoms with Gasteiger partial charge in [0.05, 0.1) is 6.04 Å². The molecule has 98 valence electrons. The van der Waals surface area contributed by atoms with E-state index in [2.05, 4.69) is 0 Å². The second-order valence-electron chi connectivity index (χ2n) is 4.24. The molecule has 0 bridgehead atoms. The van der Waals surface area contributed by atoms with Crippen LogP contribution in [0, 0.1) is 5.92 Å². The number of carbonyl (C=O) groups excluding carboxylic acids is 1. The zero-order valence-electron chi connectivity index (χ0n) is 10.6. The first kappa shape index (κ1) is 14.0. The maximum atomic E-state index is 11.9. The fraction of sp³-hybridized carbons (Fsp3) is 0.385. The third kappa shape index (κ3) is 2.80. The van der Waals surface area contributed by atoms with Crippen molar-refractivity contribution in [1.29, 1.82) is 0 Å². The van der Waals surface area contributed by atoms with Crippen molar-refractivity contribution in [2.24, 2.45) is 5.92 Å². The maximum Gasteiger partial charge on any atom is 0.315 e. The van der Waals surface area contributed by atoms with E-state index in [9.17, 15) is 14.7 Å². The van der Waals surface area contributed by atoms with Crippen molar-refractivity contribution in [2.45, 2.75) is 19.9 Å². The van der Waals surface area contributed by atoms with Gasteiger partial charge in [0.25, 0.3) is 0 Å². The molecule has 2 atom stereocenters. The van der Waals surface area contributed by atoms with Crippen molar-refractivity contribution in [2.75, 3.05) is 7.05 Å². The Balaban J connectivity index is 2.91. The van der Waals surface area contributed by atoms with Gasteiger partial charge in [0.15, 0.2) is 0 Å². The summed E-state index contributed by atoms with van der Waals surface area (Å²) < 4.78 is 0. The molecule has 0 aliphatic heterocycles. The average molecular weight is 251 g/mol. The van der Waals surface area contributed by atoms with Crippen LogP contribution in [-0.2, 0) is 9.59 Å². The number of rotatable bonds is 4. The van der Waals surface area contributed by atoms with E-state index in [0.29, 0.717) is 5.56 Å². The predicted octanol–water partition coefficient (Wildman–Crippen LogP) is 1.63. The molecule has 5 heteroatoms. The van der Waals surface area contributed by atoms with Gasteiger partial charge in [-0.1, -0.05) is 18.2 Å². The van der Waals surface area contributed by atoms with E-state index >= 15 is 0 Å². The minimum atomic E-state index is -1.16. The van der Waals surface area contributed by atoms with Crippen LogP contribution in [0.25, 0.3) is 0 Å². The predicted molar refractivity (Wildman–Crippen MR) is 66.1 cm³/mol. The topological polar surface area (TPSA) is 77.8 Å². The Hall–Kier alpha value is -2.04. The normalized spacial score (nSPS) is 13.7.